The molecule has 3 aromatic rings. The zero-order valence-corrected chi connectivity index (χ0v) is 17.2. The molecular formula is C23H24ClN3O. The van der Waals surface area contributed by atoms with E-state index < -0.39 is 5.54 Å². The number of benzene rings is 2. The van der Waals surface area contributed by atoms with Crippen molar-refractivity contribution >= 4 is 17.4 Å². The number of amidine groups is 1. The van der Waals surface area contributed by atoms with E-state index in [9.17, 15) is 5.11 Å². The monoisotopic (exact) mass is 393 g/mol. The van der Waals surface area contributed by atoms with Crippen LogP contribution in [0.3, 0.4) is 0 Å². The molecule has 0 spiro atoms. The van der Waals surface area contributed by atoms with Crippen LogP contribution in [0.4, 0.5) is 0 Å². The maximum Gasteiger partial charge on any atom is 0.129 e. The van der Waals surface area contributed by atoms with Crippen LogP contribution in [0.25, 0.3) is 0 Å². The highest BCUT2D eigenvalue weighted by atomic mass is 35.5. The van der Waals surface area contributed by atoms with Crippen molar-refractivity contribution in [1.82, 2.24) is 10.3 Å². The number of phenolic OH excluding ortho intramolecular Hbond substituents is 1. The summed E-state index contributed by atoms with van der Waals surface area (Å²) >= 11 is 6.29. The number of aryl methyl sites for hydroxylation is 1. The number of aromatic nitrogens is 1. The lowest BCUT2D eigenvalue weighted by molar-refractivity contribution is 0.471. The lowest BCUT2D eigenvalue weighted by Crippen LogP contribution is -2.42. The Morgan fingerprint density at radius 3 is 2.43 bits per heavy atom. The zero-order valence-electron chi connectivity index (χ0n) is 16.5. The number of fused-ring (bicyclic) bond motifs is 1. The second kappa shape index (κ2) is 8.03. The SMILES string of the molecule is CC.CN=C1NC(c2cccc(O)c2)(c2cc(C)nc(Cl)c2)c2ccccc21. The van der Waals surface area contributed by atoms with Gasteiger partial charge in [0.1, 0.15) is 22.3 Å². The lowest BCUT2D eigenvalue weighted by Gasteiger charge is -2.33. The average Bonchev–Trinajstić information content (AvgIpc) is 3.05. The first-order chi connectivity index (χ1) is 13.5. The fourth-order valence-electron chi connectivity index (χ4n) is 3.71. The normalized spacial score (nSPS) is 18.8. The van der Waals surface area contributed by atoms with Crippen LogP contribution in [-0.4, -0.2) is 23.0 Å². The van der Waals surface area contributed by atoms with Crippen molar-refractivity contribution in [2.75, 3.05) is 7.05 Å². The Morgan fingerprint density at radius 2 is 1.75 bits per heavy atom. The molecule has 1 aliphatic rings. The number of halogens is 1. The van der Waals surface area contributed by atoms with E-state index in [0.29, 0.717) is 5.15 Å². The van der Waals surface area contributed by atoms with E-state index in [0.717, 1.165) is 33.8 Å². The summed E-state index contributed by atoms with van der Waals surface area (Å²) in [4.78, 5) is 8.74. The molecule has 0 saturated heterocycles. The Hall–Kier alpha value is -2.85. The molecule has 1 atom stereocenters. The molecular weight excluding hydrogens is 370 g/mol. The number of aromatic hydroxyl groups is 1. The predicted octanol–water partition coefficient (Wildman–Crippen LogP) is 5.05. The van der Waals surface area contributed by atoms with Gasteiger partial charge in [-0.3, -0.25) is 4.99 Å². The standard InChI is InChI=1S/C21H18ClN3O.C2H6/c1-13-10-15(12-19(22)24-13)21(14-6-5-7-16(26)11-14)18-9-4-3-8-17(18)20(23-2)25-21;1-2/h3-12,26H,1-2H3,(H,23,25);1-2H3. The number of nitrogens with one attached hydrogen (secondary N) is 1. The number of rotatable bonds is 2. The molecule has 1 unspecified atom stereocenters. The van der Waals surface area contributed by atoms with Gasteiger partial charge in [0.15, 0.2) is 0 Å². The molecule has 2 heterocycles. The summed E-state index contributed by atoms with van der Waals surface area (Å²) in [6.07, 6.45) is 0. The van der Waals surface area contributed by atoms with Gasteiger partial charge in [0, 0.05) is 18.3 Å². The summed E-state index contributed by atoms with van der Waals surface area (Å²) in [5.74, 6) is 1.01. The van der Waals surface area contributed by atoms with Crippen LogP contribution in [-0.2, 0) is 5.54 Å². The third kappa shape index (κ3) is 3.25. The van der Waals surface area contributed by atoms with Crippen LogP contribution in [0.2, 0.25) is 5.15 Å². The van der Waals surface area contributed by atoms with Crippen molar-refractivity contribution in [2.45, 2.75) is 26.3 Å². The molecule has 28 heavy (non-hydrogen) atoms. The first-order valence-electron chi connectivity index (χ1n) is 9.33. The fraction of sp³-hybridized carbons (Fsp3) is 0.217. The number of hydrogen-bond acceptors (Lipinski definition) is 3. The summed E-state index contributed by atoms with van der Waals surface area (Å²) in [6, 6.07) is 19.3. The largest absolute Gasteiger partial charge is 0.508 e. The molecule has 144 valence electrons. The van der Waals surface area contributed by atoms with Crippen LogP contribution in [0.5, 0.6) is 5.75 Å². The summed E-state index contributed by atoms with van der Waals surface area (Å²) in [7, 11) is 1.77. The van der Waals surface area contributed by atoms with E-state index in [1.165, 1.54) is 0 Å². The van der Waals surface area contributed by atoms with E-state index in [-0.39, 0.29) is 5.75 Å². The van der Waals surface area contributed by atoms with Crippen LogP contribution in [0, 0.1) is 6.92 Å². The van der Waals surface area contributed by atoms with Crippen molar-refractivity contribution in [3.63, 3.8) is 0 Å². The van der Waals surface area contributed by atoms with Crippen molar-refractivity contribution in [3.8, 4) is 5.75 Å². The molecule has 0 amide bonds. The molecule has 4 rings (SSSR count). The number of hydrogen-bond donors (Lipinski definition) is 2. The van der Waals surface area contributed by atoms with Crippen molar-refractivity contribution in [1.29, 1.82) is 0 Å². The van der Waals surface area contributed by atoms with Crippen LogP contribution >= 0.6 is 11.6 Å². The molecule has 0 bridgehead atoms. The van der Waals surface area contributed by atoms with Gasteiger partial charge in [0.2, 0.25) is 0 Å². The Balaban J connectivity index is 0.00000109. The average molecular weight is 394 g/mol. The maximum atomic E-state index is 10.1. The smallest absolute Gasteiger partial charge is 0.129 e. The van der Waals surface area contributed by atoms with Crippen molar-refractivity contribution in [3.05, 3.63) is 93.8 Å². The second-order valence-corrected chi connectivity index (χ2v) is 6.75. The van der Waals surface area contributed by atoms with E-state index >= 15 is 0 Å². The molecule has 4 nitrogen and oxygen atoms in total. The first-order valence-corrected chi connectivity index (χ1v) is 9.71. The Bertz CT molecular complexity index is 1010. The molecule has 0 saturated carbocycles. The van der Waals surface area contributed by atoms with Gasteiger partial charge in [0.05, 0.1) is 0 Å². The summed E-state index contributed by atoms with van der Waals surface area (Å²) in [6.45, 7) is 5.92. The Kier molecular flexibility index (Phi) is 5.71. The topological polar surface area (TPSA) is 57.5 Å². The van der Waals surface area contributed by atoms with E-state index in [2.05, 4.69) is 21.4 Å². The minimum absolute atomic E-state index is 0.208. The summed E-state index contributed by atoms with van der Waals surface area (Å²) in [5.41, 5.74) is 4.07. The lowest BCUT2D eigenvalue weighted by atomic mass is 9.78. The van der Waals surface area contributed by atoms with Crippen LogP contribution < -0.4 is 5.32 Å². The van der Waals surface area contributed by atoms with Gasteiger partial charge in [-0.25, -0.2) is 4.98 Å². The molecule has 2 aromatic carbocycles. The quantitative estimate of drug-likeness (QED) is 0.599. The molecule has 2 N–H and O–H groups in total. The number of nitrogens with zero attached hydrogens (tertiary/aromatic N) is 2. The van der Waals surface area contributed by atoms with Gasteiger partial charge in [-0.05, 0) is 47.9 Å². The minimum Gasteiger partial charge on any atom is -0.508 e. The second-order valence-electron chi connectivity index (χ2n) is 6.36. The van der Waals surface area contributed by atoms with E-state index in [1.807, 2.05) is 63.2 Å². The van der Waals surface area contributed by atoms with Crippen LogP contribution in [0.15, 0.2) is 65.7 Å². The number of phenols is 1. The predicted molar refractivity (Wildman–Crippen MR) is 115 cm³/mol. The van der Waals surface area contributed by atoms with Gasteiger partial charge in [0.25, 0.3) is 0 Å². The van der Waals surface area contributed by atoms with Gasteiger partial charge in [-0.1, -0.05) is 61.8 Å². The van der Waals surface area contributed by atoms with Crippen LogP contribution in [0.1, 0.15) is 41.8 Å². The van der Waals surface area contributed by atoms with Crippen molar-refractivity contribution < 1.29 is 5.11 Å². The summed E-state index contributed by atoms with van der Waals surface area (Å²) in [5, 5.41) is 14.1. The van der Waals surface area contributed by atoms with Gasteiger partial charge < -0.3 is 10.4 Å². The first kappa shape index (κ1) is 19.9. The van der Waals surface area contributed by atoms with Gasteiger partial charge in [-0.15, -0.1) is 0 Å². The molecule has 5 heteroatoms. The molecule has 0 fully saturated rings. The molecule has 0 radical (unpaired) electrons. The fourth-order valence-corrected chi connectivity index (χ4v) is 3.96. The molecule has 1 aliphatic heterocycles. The minimum atomic E-state index is -0.707. The van der Waals surface area contributed by atoms with E-state index in [1.54, 1.807) is 19.2 Å². The van der Waals surface area contributed by atoms with Gasteiger partial charge >= 0.3 is 0 Å². The maximum absolute atomic E-state index is 10.1. The molecule has 0 aliphatic carbocycles. The van der Waals surface area contributed by atoms with Crippen molar-refractivity contribution in [2.24, 2.45) is 4.99 Å². The Labute approximate surface area is 170 Å². The highest BCUT2D eigenvalue weighted by Crippen LogP contribution is 2.44. The summed E-state index contributed by atoms with van der Waals surface area (Å²) < 4.78 is 0. The third-order valence-electron chi connectivity index (χ3n) is 4.75. The van der Waals surface area contributed by atoms with E-state index in [4.69, 9.17) is 11.6 Å². The third-order valence-corrected chi connectivity index (χ3v) is 4.94. The molecule has 1 aromatic heterocycles. The Morgan fingerprint density at radius 1 is 1.00 bits per heavy atom. The highest BCUT2D eigenvalue weighted by molar-refractivity contribution is 6.29. The number of pyridine rings is 1. The van der Waals surface area contributed by atoms with Gasteiger partial charge in [-0.2, -0.15) is 0 Å². The zero-order chi connectivity index (χ0) is 20.3. The number of aliphatic imine (C=N–C) groups is 1. The highest BCUT2D eigenvalue weighted by Gasteiger charge is 2.44.